The minimum absolute atomic E-state index is 0.0974. The van der Waals surface area contributed by atoms with Crippen molar-refractivity contribution < 1.29 is 27.5 Å². The molecule has 2 heterocycles. The highest BCUT2D eigenvalue weighted by Gasteiger charge is 2.30. The van der Waals surface area contributed by atoms with E-state index in [0.717, 1.165) is 10.4 Å². The van der Waals surface area contributed by atoms with Crippen molar-refractivity contribution in [3.63, 3.8) is 0 Å². The molecule has 1 aromatic heterocycles. The lowest BCUT2D eigenvalue weighted by Crippen LogP contribution is -2.35. The molecule has 4 rings (SSSR count). The number of hydrogen-bond donors (Lipinski definition) is 3. The molecule has 12 heteroatoms. The number of rotatable bonds is 6. The highest BCUT2D eigenvalue weighted by molar-refractivity contribution is 7.92. The van der Waals surface area contributed by atoms with E-state index in [2.05, 4.69) is 15.4 Å². The molecule has 0 atom stereocenters. The Balaban J connectivity index is 1.58. The van der Waals surface area contributed by atoms with Crippen LogP contribution < -0.4 is 15.4 Å². The SMILES string of the molecule is CNC(=O)c1c(NC(=O)c2cccc(NS(=O)(=O)c3ccccc3)c2)sc2c1CCN(C(=O)OC)C2. The van der Waals surface area contributed by atoms with Gasteiger partial charge in [0.15, 0.2) is 0 Å². The zero-order chi connectivity index (χ0) is 25.9. The van der Waals surface area contributed by atoms with Crippen molar-refractivity contribution in [2.45, 2.75) is 17.9 Å². The van der Waals surface area contributed by atoms with Gasteiger partial charge in [-0.2, -0.15) is 0 Å². The summed E-state index contributed by atoms with van der Waals surface area (Å²) in [4.78, 5) is 40.1. The molecule has 0 radical (unpaired) electrons. The number of fused-ring (bicyclic) bond motifs is 1. The molecule has 0 saturated heterocycles. The minimum atomic E-state index is -3.83. The number of hydrogen-bond acceptors (Lipinski definition) is 7. The number of amides is 3. The van der Waals surface area contributed by atoms with Gasteiger partial charge in [0.05, 0.1) is 24.1 Å². The fourth-order valence-electron chi connectivity index (χ4n) is 3.85. The normalized spacial score (nSPS) is 12.9. The van der Waals surface area contributed by atoms with Crippen molar-refractivity contribution >= 4 is 50.0 Å². The van der Waals surface area contributed by atoms with Crippen LogP contribution in [0.3, 0.4) is 0 Å². The maximum atomic E-state index is 13.1. The summed E-state index contributed by atoms with van der Waals surface area (Å²) in [6.07, 6.45) is -0.0213. The molecule has 0 unspecified atom stereocenters. The van der Waals surface area contributed by atoms with E-state index in [1.165, 1.54) is 48.6 Å². The standard InChI is InChI=1S/C24H24N4O6S2/c1-25-22(30)20-18-11-12-28(24(31)34-2)14-19(18)35-23(20)26-21(29)15-7-6-8-16(13-15)27-36(32,33)17-9-4-3-5-10-17/h3-10,13,27H,11-12,14H2,1-2H3,(H,25,30)(H,26,29). The molecule has 3 amide bonds. The Morgan fingerprint density at radius 2 is 1.78 bits per heavy atom. The number of thiophene rings is 1. The number of methoxy groups -OCH3 is 1. The Morgan fingerprint density at radius 1 is 1.03 bits per heavy atom. The van der Waals surface area contributed by atoms with Gasteiger partial charge in [0.2, 0.25) is 0 Å². The third-order valence-corrected chi connectivity index (χ3v) is 8.13. The van der Waals surface area contributed by atoms with Crippen LogP contribution in [0.5, 0.6) is 0 Å². The van der Waals surface area contributed by atoms with Crippen molar-refractivity contribution in [3.05, 3.63) is 76.2 Å². The van der Waals surface area contributed by atoms with Gasteiger partial charge in [-0.05, 0) is 42.3 Å². The topological polar surface area (TPSA) is 134 Å². The highest BCUT2D eigenvalue weighted by Crippen LogP contribution is 2.37. The second kappa shape index (κ2) is 10.4. The van der Waals surface area contributed by atoms with Crippen LogP contribution in [0.2, 0.25) is 0 Å². The number of sulfonamides is 1. The smallest absolute Gasteiger partial charge is 0.409 e. The molecule has 188 valence electrons. The molecule has 3 aromatic rings. The van der Waals surface area contributed by atoms with Crippen LogP contribution >= 0.6 is 11.3 Å². The number of nitrogens with one attached hydrogen (secondary N) is 3. The summed E-state index contributed by atoms with van der Waals surface area (Å²) in [7, 11) is -1.02. The lowest BCUT2D eigenvalue weighted by atomic mass is 10.0. The summed E-state index contributed by atoms with van der Waals surface area (Å²) in [5, 5.41) is 5.74. The molecule has 1 aliphatic rings. The molecular weight excluding hydrogens is 504 g/mol. The second-order valence-electron chi connectivity index (χ2n) is 7.88. The zero-order valence-corrected chi connectivity index (χ0v) is 21.2. The van der Waals surface area contributed by atoms with Gasteiger partial charge in [-0.25, -0.2) is 13.2 Å². The molecule has 36 heavy (non-hydrogen) atoms. The minimum Gasteiger partial charge on any atom is -0.453 e. The van der Waals surface area contributed by atoms with Crippen LogP contribution in [-0.4, -0.2) is 51.9 Å². The summed E-state index contributed by atoms with van der Waals surface area (Å²) in [6, 6.07) is 14.0. The maximum absolute atomic E-state index is 13.1. The Kier molecular flexibility index (Phi) is 7.27. The maximum Gasteiger partial charge on any atom is 0.409 e. The Labute approximate surface area is 212 Å². The van der Waals surface area contributed by atoms with Gasteiger partial charge in [-0.3, -0.25) is 14.3 Å². The largest absolute Gasteiger partial charge is 0.453 e. The summed E-state index contributed by atoms with van der Waals surface area (Å²) in [6.45, 7) is 0.653. The quantitative estimate of drug-likeness (QED) is 0.450. The summed E-state index contributed by atoms with van der Waals surface area (Å²) >= 11 is 1.22. The van der Waals surface area contributed by atoms with E-state index < -0.39 is 22.0 Å². The second-order valence-corrected chi connectivity index (χ2v) is 10.7. The Bertz CT molecular complexity index is 1420. The van der Waals surface area contributed by atoms with Crippen molar-refractivity contribution in [2.75, 3.05) is 30.7 Å². The molecule has 0 fully saturated rings. The van der Waals surface area contributed by atoms with Gasteiger partial charge >= 0.3 is 6.09 Å². The predicted octanol–water partition coefficient (Wildman–Crippen LogP) is 3.29. The van der Waals surface area contributed by atoms with Crippen LogP contribution in [-0.2, 0) is 27.7 Å². The number of carbonyl (C=O) groups excluding carboxylic acids is 3. The molecule has 0 aliphatic carbocycles. The van der Waals surface area contributed by atoms with E-state index in [0.29, 0.717) is 23.5 Å². The first-order valence-electron chi connectivity index (χ1n) is 10.9. The lowest BCUT2D eigenvalue weighted by Gasteiger charge is -2.25. The average molecular weight is 529 g/mol. The Hall–Kier alpha value is -3.90. The first-order valence-corrected chi connectivity index (χ1v) is 13.2. The van der Waals surface area contributed by atoms with Gasteiger partial charge in [0.25, 0.3) is 21.8 Å². The van der Waals surface area contributed by atoms with Crippen LogP contribution in [0.15, 0.2) is 59.5 Å². The lowest BCUT2D eigenvalue weighted by molar-refractivity contribution is 0.0962. The van der Waals surface area contributed by atoms with Gasteiger partial charge in [-0.1, -0.05) is 24.3 Å². The number of benzene rings is 2. The number of nitrogens with zero attached hydrogens (tertiary/aromatic N) is 1. The molecule has 0 bridgehead atoms. The molecule has 0 saturated carbocycles. The fraction of sp³-hybridized carbons (Fsp3) is 0.208. The monoisotopic (exact) mass is 528 g/mol. The zero-order valence-electron chi connectivity index (χ0n) is 19.5. The first-order chi connectivity index (χ1) is 17.2. The molecule has 2 aromatic carbocycles. The van der Waals surface area contributed by atoms with Crippen LogP contribution in [0, 0.1) is 0 Å². The number of anilines is 2. The van der Waals surface area contributed by atoms with Gasteiger partial charge in [-0.15, -0.1) is 11.3 Å². The highest BCUT2D eigenvalue weighted by atomic mass is 32.2. The molecule has 0 spiro atoms. The van der Waals surface area contributed by atoms with Crippen LogP contribution in [0.25, 0.3) is 0 Å². The molecular formula is C24H24N4O6S2. The summed E-state index contributed by atoms with van der Waals surface area (Å²) < 4.78 is 32.6. The van der Waals surface area contributed by atoms with Crippen LogP contribution in [0.4, 0.5) is 15.5 Å². The van der Waals surface area contributed by atoms with Gasteiger partial charge in [0.1, 0.15) is 5.00 Å². The van der Waals surface area contributed by atoms with Crippen molar-refractivity contribution in [3.8, 4) is 0 Å². The van der Waals surface area contributed by atoms with Crippen molar-refractivity contribution in [1.29, 1.82) is 0 Å². The number of ether oxygens (including phenoxy) is 1. The van der Waals surface area contributed by atoms with Gasteiger partial charge in [0, 0.05) is 29.7 Å². The number of carbonyl (C=O) groups is 3. The van der Waals surface area contributed by atoms with Crippen molar-refractivity contribution in [1.82, 2.24) is 10.2 Å². The van der Waals surface area contributed by atoms with E-state index in [1.807, 2.05) is 0 Å². The third kappa shape index (κ3) is 5.19. The fourth-order valence-corrected chi connectivity index (χ4v) is 6.18. The Morgan fingerprint density at radius 3 is 2.47 bits per heavy atom. The molecule has 3 N–H and O–H groups in total. The van der Waals surface area contributed by atoms with E-state index in [4.69, 9.17) is 4.74 Å². The van der Waals surface area contributed by atoms with E-state index in [9.17, 15) is 22.8 Å². The summed E-state index contributed by atoms with van der Waals surface area (Å²) in [5.41, 5.74) is 1.56. The average Bonchev–Trinajstić information content (AvgIpc) is 3.25. The van der Waals surface area contributed by atoms with E-state index in [1.54, 1.807) is 36.4 Å². The van der Waals surface area contributed by atoms with Crippen molar-refractivity contribution in [2.24, 2.45) is 0 Å². The van der Waals surface area contributed by atoms with Gasteiger partial charge < -0.3 is 20.3 Å². The third-order valence-electron chi connectivity index (χ3n) is 5.60. The summed E-state index contributed by atoms with van der Waals surface area (Å²) in [5.74, 6) is -0.858. The van der Waals surface area contributed by atoms with Crippen LogP contribution in [0.1, 0.15) is 31.2 Å². The predicted molar refractivity (Wildman–Crippen MR) is 136 cm³/mol. The molecule has 10 nitrogen and oxygen atoms in total. The first kappa shape index (κ1) is 25.2. The van der Waals surface area contributed by atoms with E-state index >= 15 is 0 Å². The molecule has 1 aliphatic heterocycles. The van der Waals surface area contributed by atoms with E-state index in [-0.39, 0.29) is 28.6 Å².